The molecule has 0 aromatic heterocycles. The van der Waals surface area contributed by atoms with Crippen molar-refractivity contribution in [3.63, 3.8) is 0 Å². The van der Waals surface area contributed by atoms with Crippen molar-refractivity contribution in [2.45, 2.75) is 0 Å². The van der Waals surface area contributed by atoms with E-state index in [0.717, 1.165) is 16.7 Å². The van der Waals surface area contributed by atoms with E-state index in [-0.39, 0.29) is 30.7 Å². The zero-order valence-electron chi connectivity index (χ0n) is 15.3. The van der Waals surface area contributed by atoms with E-state index in [9.17, 15) is 14.4 Å². The van der Waals surface area contributed by atoms with Crippen molar-refractivity contribution in [1.82, 2.24) is 10.2 Å². The number of nitrogens with zero attached hydrogens (tertiary/aromatic N) is 1. The molecular weight excluding hydrogens is 451 g/mol. The fourth-order valence-corrected chi connectivity index (χ4v) is 4.19. The zero-order chi connectivity index (χ0) is 21.3. The predicted octanol–water partition coefficient (Wildman–Crippen LogP) is 4.19. The Labute approximate surface area is 185 Å². The van der Waals surface area contributed by atoms with Gasteiger partial charge in [-0.1, -0.05) is 29.3 Å². The summed E-state index contributed by atoms with van der Waals surface area (Å²) in [6.07, 6.45) is 1.55. The molecule has 1 saturated heterocycles. The molecule has 7 nitrogen and oxygen atoms in total. The van der Waals surface area contributed by atoms with Crippen LogP contribution in [-0.2, 0) is 4.79 Å². The Kier molecular flexibility index (Phi) is 5.90. The summed E-state index contributed by atoms with van der Waals surface area (Å²) in [5.74, 6) is 0.300. The molecule has 2 aromatic rings. The lowest BCUT2D eigenvalue weighted by molar-refractivity contribution is -0.122. The second-order valence-corrected chi connectivity index (χ2v) is 8.16. The van der Waals surface area contributed by atoms with Crippen molar-refractivity contribution >= 4 is 58.1 Å². The summed E-state index contributed by atoms with van der Waals surface area (Å²) in [5.41, 5.74) is 0.980. The van der Waals surface area contributed by atoms with Crippen molar-refractivity contribution < 1.29 is 23.9 Å². The number of thioether (sulfide) groups is 1. The highest BCUT2D eigenvalue weighted by Gasteiger charge is 2.34. The molecule has 1 N–H and O–H groups in total. The Morgan fingerprint density at radius 2 is 1.93 bits per heavy atom. The lowest BCUT2D eigenvalue weighted by Crippen LogP contribution is -2.37. The Morgan fingerprint density at radius 1 is 1.13 bits per heavy atom. The largest absolute Gasteiger partial charge is 0.454 e. The molecule has 0 bridgehead atoms. The summed E-state index contributed by atoms with van der Waals surface area (Å²) < 4.78 is 10.5. The molecule has 4 rings (SSSR count). The van der Waals surface area contributed by atoms with Crippen LogP contribution in [0.25, 0.3) is 6.08 Å². The molecule has 10 heteroatoms. The van der Waals surface area contributed by atoms with Crippen LogP contribution in [0.2, 0.25) is 10.0 Å². The molecule has 0 aliphatic carbocycles. The first-order chi connectivity index (χ1) is 14.4. The summed E-state index contributed by atoms with van der Waals surface area (Å²) in [6, 6.07) is 9.72. The van der Waals surface area contributed by atoms with Crippen molar-refractivity contribution in [1.29, 1.82) is 0 Å². The molecule has 30 heavy (non-hydrogen) atoms. The van der Waals surface area contributed by atoms with Crippen LogP contribution in [0.1, 0.15) is 15.9 Å². The minimum atomic E-state index is -0.437. The number of amides is 3. The molecule has 3 amide bonds. The van der Waals surface area contributed by atoms with Crippen molar-refractivity contribution in [2.24, 2.45) is 0 Å². The predicted molar refractivity (Wildman–Crippen MR) is 114 cm³/mol. The number of nitrogens with one attached hydrogen (secondary N) is 1. The normalized spacial score (nSPS) is 16.5. The van der Waals surface area contributed by atoms with Crippen LogP contribution in [-0.4, -0.2) is 41.8 Å². The SMILES string of the molecule is O=C(NCCN1C(=O)S/C(=C\c2ccc(Cl)cc2Cl)C1=O)c1ccc2c(c1)OCO2. The summed E-state index contributed by atoms with van der Waals surface area (Å²) in [4.78, 5) is 38.5. The van der Waals surface area contributed by atoms with Gasteiger partial charge in [0.1, 0.15) is 0 Å². The molecule has 1 fully saturated rings. The molecule has 2 heterocycles. The summed E-state index contributed by atoms with van der Waals surface area (Å²) in [5, 5.41) is 3.14. The van der Waals surface area contributed by atoms with E-state index in [0.29, 0.717) is 32.7 Å². The first-order valence-corrected chi connectivity index (χ1v) is 10.4. The highest BCUT2D eigenvalue weighted by Crippen LogP contribution is 2.34. The maximum Gasteiger partial charge on any atom is 0.293 e. The van der Waals surface area contributed by atoms with Gasteiger partial charge in [0.15, 0.2) is 11.5 Å². The molecule has 2 aliphatic heterocycles. The van der Waals surface area contributed by atoms with E-state index in [1.807, 2.05) is 0 Å². The van der Waals surface area contributed by atoms with Crippen LogP contribution in [0.15, 0.2) is 41.3 Å². The fourth-order valence-electron chi connectivity index (χ4n) is 2.87. The average molecular weight is 465 g/mol. The maximum atomic E-state index is 12.6. The molecule has 0 saturated carbocycles. The van der Waals surface area contributed by atoms with Gasteiger partial charge in [0.25, 0.3) is 17.1 Å². The Morgan fingerprint density at radius 3 is 2.73 bits per heavy atom. The number of imide groups is 1. The van der Waals surface area contributed by atoms with E-state index < -0.39 is 11.1 Å². The second kappa shape index (κ2) is 8.59. The van der Waals surface area contributed by atoms with Gasteiger partial charge in [0.2, 0.25) is 6.79 Å². The zero-order valence-corrected chi connectivity index (χ0v) is 17.6. The number of hydrogen-bond acceptors (Lipinski definition) is 6. The van der Waals surface area contributed by atoms with Crippen molar-refractivity contribution in [3.05, 3.63) is 62.5 Å². The van der Waals surface area contributed by atoms with Crippen LogP contribution < -0.4 is 14.8 Å². The Bertz CT molecular complexity index is 1090. The van der Waals surface area contributed by atoms with Gasteiger partial charge in [-0.25, -0.2) is 0 Å². The fraction of sp³-hybridized carbons (Fsp3) is 0.150. The van der Waals surface area contributed by atoms with Gasteiger partial charge in [0, 0.05) is 28.7 Å². The van der Waals surface area contributed by atoms with Crippen molar-refractivity contribution in [2.75, 3.05) is 19.9 Å². The smallest absolute Gasteiger partial charge is 0.293 e. The van der Waals surface area contributed by atoms with Gasteiger partial charge < -0.3 is 14.8 Å². The molecular formula is C20H14Cl2N2O5S. The maximum absolute atomic E-state index is 12.6. The van der Waals surface area contributed by atoms with E-state index in [2.05, 4.69) is 5.32 Å². The lowest BCUT2D eigenvalue weighted by Gasteiger charge is -2.13. The first-order valence-electron chi connectivity index (χ1n) is 8.80. The molecule has 0 atom stereocenters. The number of hydrogen-bond donors (Lipinski definition) is 1. The van der Waals surface area contributed by atoms with Crippen LogP contribution in [0.3, 0.4) is 0 Å². The topological polar surface area (TPSA) is 84.9 Å². The van der Waals surface area contributed by atoms with Gasteiger partial charge in [-0.05, 0) is 53.7 Å². The second-order valence-electron chi connectivity index (χ2n) is 6.32. The number of rotatable bonds is 5. The van der Waals surface area contributed by atoms with Crippen molar-refractivity contribution in [3.8, 4) is 11.5 Å². The number of benzene rings is 2. The van der Waals surface area contributed by atoms with E-state index in [1.54, 1.807) is 42.5 Å². The van der Waals surface area contributed by atoms with E-state index >= 15 is 0 Å². The first kappa shape index (κ1) is 20.6. The van der Waals surface area contributed by atoms with E-state index in [4.69, 9.17) is 32.7 Å². The van der Waals surface area contributed by atoms with Gasteiger partial charge in [-0.2, -0.15) is 0 Å². The average Bonchev–Trinajstić information content (AvgIpc) is 3.29. The number of halogens is 2. The third-order valence-corrected chi connectivity index (χ3v) is 5.85. The number of fused-ring (bicyclic) bond motifs is 1. The van der Waals surface area contributed by atoms with Gasteiger partial charge in [0.05, 0.1) is 4.91 Å². The highest BCUT2D eigenvalue weighted by atomic mass is 35.5. The standard InChI is InChI=1S/C20H14Cl2N2O5S/c21-13-3-1-11(14(22)9-13)8-17-19(26)24(20(27)30-17)6-5-23-18(25)12-2-4-15-16(7-12)29-10-28-15/h1-4,7-9H,5-6,10H2,(H,23,25)/b17-8-. The Hall–Kier alpha value is -2.68. The molecule has 0 radical (unpaired) electrons. The minimum Gasteiger partial charge on any atom is -0.454 e. The van der Waals surface area contributed by atoms with Gasteiger partial charge in [-0.3, -0.25) is 19.3 Å². The lowest BCUT2D eigenvalue weighted by atomic mass is 10.2. The molecule has 0 unspecified atom stereocenters. The van der Waals surface area contributed by atoms with Gasteiger partial charge >= 0.3 is 0 Å². The number of ether oxygens (including phenoxy) is 2. The van der Waals surface area contributed by atoms with Crippen LogP contribution in [0, 0.1) is 0 Å². The molecule has 154 valence electrons. The van der Waals surface area contributed by atoms with Gasteiger partial charge in [-0.15, -0.1) is 0 Å². The monoisotopic (exact) mass is 464 g/mol. The molecule has 2 aromatic carbocycles. The summed E-state index contributed by atoms with van der Waals surface area (Å²) in [7, 11) is 0. The highest BCUT2D eigenvalue weighted by molar-refractivity contribution is 8.18. The van der Waals surface area contributed by atoms with Crippen LogP contribution in [0.4, 0.5) is 4.79 Å². The summed E-state index contributed by atoms with van der Waals surface area (Å²) in [6.45, 7) is 0.279. The molecule has 2 aliphatic rings. The summed E-state index contributed by atoms with van der Waals surface area (Å²) >= 11 is 12.8. The number of carbonyl (C=O) groups excluding carboxylic acids is 3. The van der Waals surface area contributed by atoms with E-state index in [1.165, 1.54) is 0 Å². The minimum absolute atomic E-state index is 0.0483. The third kappa shape index (κ3) is 4.26. The quantitative estimate of drug-likeness (QED) is 0.667. The number of carbonyl (C=O) groups is 3. The third-order valence-electron chi connectivity index (χ3n) is 4.38. The van der Waals surface area contributed by atoms with Crippen LogP contribution >= 0.6 is 35.0 Å². The van der Waals surface area contributed by atoms with Crippen LogP contribution in [0.5, 0.6) is 11.5 Å². The molecule has 0 spiro atoms. The Balaban J connectivity index is 1.37.